The monoisotopic (exact) mass is 334 g/mol. The summed E-state index contributed by atoms with van der Waals surface area (Å²) >= 11 is 0. The molecule has 0 saturated carbocycles. The fourth-order valence-electron chi connectivity index (χ4n) is 2.39. The minimum absolute atomic E-state index is 0.255. The zero-order chi connectivity index (χ0) is 17.5. The van der Waals surface area contributed by atoms with Gasteiger partial charge in [0.15, 0.2) is 0 Å². The predicted octanol–water partition coefficient (Wildman–Crippen LogP) is 3.41. The molecule has 2 N–H and O–H groups in total. The average Bonchev–Trinajstić information content (AvgIpc) is 2.63. The Morgan fingerprint density at radius 1 is 1.04 bits per heavy atom. The van der Waals surface area contributed by atoms with E-state index in [0.717, 1.165) is 35.7 Å². The largest absolute Gasteiger partial charge is 0.369 e. The first-order valence-electron chi connectivity index (χ1n) is 8.40. The van der Waals surface area contributed by atoms with Crippen molar-refractivity contribution >= 4 is 11.8 Å². The number of anilines is 2. The van der Waals surface area contributed by atoms with Gasteiger partial charge in [0.2, 0.25) is 5.95 Å². The molecule has 0 fully saturated rings. The van der Waals surface area contributed by atoms with Gasteiger partial charge >= 0.3 is 0 Å². The molecule has 0 aliphatic carbocycles. The molecule has 3 heterocycles. The van der Waals surface area contributed by atoms with E-state index in [1.807, 2.05) is 42.6 Å². The molecule has 0 aliphatic rings. The minimum Gasteiger partial charge on any atom is -0.369 e. The number of rotatable bonds is 7. The van der Waals surface area contributed by atoms with E-state index < -0.39 is 0 Å². The summed E-state index contributed by atoms with van der Waals surface area (Å²) < 4.78 is 0. The molecule has 3 aromatic heterocycles. The van der Waals surface area contributed by atoms with Gasteiger partial charge < -0.3 is 10.6 Å². The van der Waals surface area contributed by atoms with Crippen molar-refractivity contribution in [2.24, 2.45) is 0 Å². The average molecular weight is 334 g/mol. The van der Waals surface area contributed by atoms with Gasteiger partial charge in [0, 0.05) is 54.9 Å². The molecule has 0 unspecified atom stereocenters. The molecule has 0 radical (unpaired) electrons. The lowest BCUT2D eigenvalue weighted by molar-refractivity contribution is 0.873. The van der Waals surface area contributed by atoms with Crippen LogP contribution in [0.3, 0.4) is 0 Å². The maximum absolute atomic E-state index is 4.60. The van der Waals surface area contributed by atoms with Crippen molar-refractivity contribution in [3.8, 4) is 11.3 Å². The van der Waals surface area contributed by atoms with Gasteiger partial charge in [-0.25, -0.2) is 4.98 Å². The number of hydrogen-bond donors (Lipinski definition) is 2. The molecule has 0 spiro atoms. The van der Waals surface area contributed by atoms with Crippen LogP contribution in [0.5, 0.6) is 0 Å². The molecule has 6 heteroatoms. The smallest absolute Gasteiger partial charge is 0.225 e. The van der Waals surface area contributed by atoms with Crippen molar-refractivity contribution in [2.75, 3.05) is 17.2 Å². The molecule has 3 rings (SSSR count). The lowest BCUT2D eigenvalue weighted by Gasteiger charge is -2.13. The van der Waals surface area contributed by atoms with E-state index in [1.165, 1.54) is 0 Å². The van der Waals surface area contributed by atoms with E-state index in [-0.39, 0.29) is 6.04 Å². The number of nitrogens with zero attached hydrogens (tertiary/aromatic N) is 4. The van der Waals surface area contributed by atoms with E-state index in [0.29, 0.717) is 5.95 Å². The second-order valence-electron chi connectivity index (χ2n) is 6.00. The van der Waals surface area contributed by atoms with E-state index in [4.69, 9.17) is 0 Å². The van der Waals surface area contributed by atoms with Crippen molar-refractivity contribution in [2.45, 2.75) is 26.3 Å². The zero-order valence-electron chi connectivity index (χ0n) is 14.5. The Kier molecular flexibility index (Phi) is 5.51. The Balaban J connectivity index is 1.77. The first-order valence-corrected chi connectivity index (χ1v) is 8.40. The fourth-order valence-corrected chi connectivity index (χ4v) is 2.39. The summed E-state index contributed by atoms with van der Waals surface area (Å²) in [5.41, 5.74) is 2.85. The number of nitrogens with one attached hydrogen (secondary N) is 2. The number of hydrogen-bond acceptors (Lipinski definition) is 6. The van der Waals surface area contributed by atoms with Gasteiger partial charge in [-0.3, -0.25) is 9.97 Å². The maximum Gasteiger partial charge on any atom is 0.225 e. The third-order valence-electron chi connectivity index (χ3n) is 3.51. The van der Waals surface area contributed by atoms with E-state index >= 15 is 0 Å². The first kappa shape index (κ1) is 16.8. The lowest BCUT2D eigenvalue weighted by Crippen LogP contribution is -2.14. The molecule has 6 nitrogen and oxygen atoms in total. The number of aromatic nitrogens is 4. The summed E-state index contributed by atoms with van der Waals surface area (Å²) in [6.07, 6.45) is 6.20. The summed E-state index contributed by atoms with van der Waals surface area (Å²) in [4.78, 5) is 17.7. The van der Waals surface area contributed by atoms with Gasteiger partial charge in [0.05, 0.1) is 5.69 Å². The van der Waals surface area contributed by atoms with Crippen LogP contribution in [-0.2, 0) is 6.42 Å². The van der Waals surface area contributed by atoms with Gasteiger partial charge in [-0.2, -0.15) is 4.98 Å². The minimum atomic E-state index is 0.255. The maximum atomic E-state index is 4.60. The SMILES string of the molecule is CC(C)Nc1nc(NCCc2ccccn2)cc(-c2cccnc2)n1. The van der Waals surface area contributed by atoms with E-state index in [9.17, 15) is 0 Å². The molecule has 0 atom stereocenters. The summed E-state index contributed by atoms with van der Waals surface area (Å²) in [6, 6.07) is 12.0. The summed E-state index contributed by atoms with van der Waals surface area (Å²) in [5, 5.41) is 6.63. The molecule has 0 aliphatic heterocycles. The lowest BCUT2D eigenvalue weighted by atomic mass is 10.2. The highest BCUT2D eigenvalue weighted by Gasteiger charge is 2.08. The fraction of sp³-hybridized carbons (Fsp3) is 0.263. The molecular weight excluding hydrogens is 312 g/mol. The highest BCUT2D eigenvalue weighted by Crippen LogP contribution is 2.21. The first-order chi connectivity index (χ1) is 12.2. The van der Waals surface area contributed by atoms with Crippen molar-refractivity contribution in [3.05, 3.63) is 60.7 Å². The zero-order valence-corrected chi connectivity index (χ0v) is 14.5. The van der Waals surface area contributed by atoms with Crippen LogP contribution in [-0.4, -0.2) is 32.5 Å². The van der Waals surface area contributed by atoms with Crippen LogP contribution in [0.15, 0.2) is 55.0 Å². The van der Waals surface area contributed by atoms with Crippen LogP contribution >= 0.6 is 0 Å². The highest BCUT2D eigenvalue weighted by molar-refractivity contribution is 5.63. The molecule has 0 bridgehead atoms. The molecule has 0 saturated heterocycles. The topological polar surface area (TPSA) is 75.6 Å². The van der Waals surface area contributed by atoms with Crippen LogP contribution in [0.25, 0.3) is 11.3 Å². The third-order valence-corrected chi connectivity index (χ3v) is 3.51. The van der Waals surface area contributed by atoms with Crippen LogP contribution < -0.4 is 10.6 Å². The van der Waals surface area contributed by atoms with Crippen LogP contribution in [0.4, 0.5) is 11.8 Å². The Hall–Kier alpha value is -3.02. The van der Waals surface area contributed by atoms with Crippen LogP contribution in [0.2, 0.25) is 0 Å². The second-order valence-corrected chi connectivity index (χ2v) is 6.00. The summed E-state index contributed by atoms with van der Waals surface area (Å²) in [6.45, 7) is 4.88. The van der Waals surface area contributed by atoms with Crippen molar-refractivity contribution in [1.29, 1.82) is 0 Å². The van der Waals surface area contributed by atoms with Crippen LogP contribution in [0.1, 0.15) is 19.5 Å². The Bertz CT molecular complexity index is 790. The molecule has 0 amide bonds. The van der Waals surface area contributed by atoms with Gasteiger partial charge in [-0.1, -0.05) is 6.07 Å². The van der Waals surface area contributed by atoms with Gasteiger partial charge in [-0.05, 0) is 38.1 Å². The normalized spacial score (nSPS) is 10.7. The molecule has 3 aromatic rings. The summed E-state index contributed by atoms with van der Waals surface area (Å²) in [7, 11) is 0. The van der Waals surface area contributed by atoms with Crippen molar-refractivity contribution in [3.63, 3.8) is 0 Å². The van der Waals surface area contributed by atoms with Crippen molar-refractivity contribution < 1.29 is 0 Å². The molecule has 128 valence electrons. The van der Waals surface area contributed by atoms with E-state index in [2.05, 4.69) is 44.4 Å². The Morgan fingerprint density at radius 2 is 1.96 bits per heavy atom. The molecule has 25 heavy (non-hydrogen) atoms. The second kappa shape index (κ2) is 8.19. The van der Waals surface area contributed by atoms with E-state index in [1.54, 1.807) is 12.4 Å². The van der Waals surface area contributed by atoms with Gasteiger partial charge in [0.25, 0.3) is 0 Å². The Labute approximate surface area is 147 Å². The van der Waals surface area contributed by atoms with Crippen molar-refractivity contribution in [1.82, 2.24) is 19.9 Å². The van der Waals surface area contributed by atoms with Gasteiger partial charge in [-0.15, -0.1) is 0 Å². The standard InChI is InChI=1S/C19H22N6/c1-14(2)23-19-24-17(15-6-5-9-20-13-15)12-18(25-19)22-11-8-16-7-3-4-10-21-16/h3-7,9-10,12-14H,8,11H2,1-2H3,(H2,22,23,24,25). The van der Waals surface area contributed by atoms with Crippen LogP contribution in [0, 0.1) is 0 Å². The quantitative estimate of drug-likeness (QED) is 0.689. The predicted molar refractivity (Wildman–Crippen MR) is 100 cm³/mol. The Morgan fingerprint density at radius 3 is 2.68 bits per heavy atom. The number of pyridine rings is 2. The molecule has 0 aromatic carbocycles. The summed E-state index contributed by atoms with van der Waals surface area (Å²) in [5.74, 6) is 1.39. The van der Waals surface area contributed by atoms with Gasteiger partial charge in [0.1, 0.15) is 5.82 Å². The molecular formula is C19H22N6. The third kappa shape index (κ3) is 4.97. The highest BCUT2D eigenvalue weighted by atomic mass is 15.1.